The van der Waals surface area contributed by atoms with Gasteiger partial charge in [-0.3, -0.25) is 0 Å². The third-order valence-electron chi connectivity index (χ3n) is 2.83. The molecule has 0 aromatic heterocycles. The van der Waals surface area contributed by atoms with Crippen LogP contribution < -0.4 is 0 Å². The van der Waals surface area contributed by atoms with E-state index >= 15 is 0 Å². The molecule has 0 aliphatic rings. The molecule has 0 nitrogen and oxygen atoms in total. The minimum Gasteiger partial charge on any atom is -0.0917 e. The SMILES string of the molecule is CC=CCCC(CCC)c1ccccc1. The standard InChI is InChI=1S/C15H22/c1-3-5-7-11-14(10-4-2)15-12-8-6-9-13-15/h3,5-6,8-9,12-14H,4,7,10-11H2,1-2H3. The molecule has 0 spiro atoms. The Kier molecular flexibility index (Phi) is 5.84. The molecule has 0 aliphatic heterocycles. The Balaban J connectivity index is 2.57. The number of hydrogen-bond donors (Lipinski definition) is 0. The first-order valence-electron chi connectivity index (χ1n) is 6.04. The maximum Gasteiger partial charge on any atom is -0.0159 e. The van der Waals surface area contributed by atoms with Crippen LogP contribution >= 0.6 is 0 Å². The Morgan fingerprint density at radius 2 is 1.87 bits per heavy atom. The Hall–Kier alpha value is -1.04. The van der Waals surface area contributed by atoms with E-state index in [-0.39, 0.29) is 0 Å². The fraction of sp³-hybridized carbons (Fsp3) is 0.467. The van der Waals surface area contributed by atoms with Crippen LogP contribution in [0.1, 0.15) is 51.0 Å². The lowest BCUT2D eigenvalue weighted by atomic mass is 9.90. The molecule has 0 N–H and O–H groups in total. The molecule has 1 aromatic carbocycles. The predicted octanol–water partition coefficient (Wildman–Crippen LogP) is 4.93. The molecule has 1 rings (SSSR count). The summed E-state index contributed by atoms with van der Waals surface area (Å²) in [6.07, 6.45) is 9.48. The van der Waals surface area contributed by atoms with Crippen LogP contribution in [0.3, 0.4) is 0 Å². The van der Waals surface area contributed by atoms with Crippen LogP contribution in [0.4, 0.5) is 0 Å². The molecule has 0 saturated carbocycles. The van der Waals surface area contributed by atoms with E-state index in [1.165, 1.54) is 31.2 Å². The van der Waals surface area contributed by atoms with Gasteiger partial charge in [0.15, 0.2) is 0 Å². The van der Waals surface area contributed by atoms with Gasteiger partial charge < -0.3 is 0 Å². The van der Waals surface area contributed by atoms with Gasteiger partial charge in [-0.25, -0.2) is 0 Å². The number of rotatable bonds is 6. The van der Waals surface area contributed by atoms with Crippen LogP contribution in [0.5, 0.6) is 0 Å². The summed E-state index contributed by atoms with van der Waals surface area (Å²) in [7, 11) is 0. The van der Waals surface area contributed by atoms with Gasteiger partial charge in [0.05, 0.1) is 0 Å². The van der Waals surface area contributed by atoms with E-state index < -0.39 is 0 Å². The quantitative estimate of drug-likeness (QED) is 0.574. The van der Waals surface area contributed by atoms with Crippen molar-refractivity contribution in [3.63, 3.8) is 0 Å². The lowest BCUT2D eigenvalue weighted by Gasteiger charge is -2.15. The maximum absolute atomic E-state index is 2.27. The highest BCUT2D eigenvalue weighted by Gasteiger charge is 2.08. The normalized spacial score (nSPS) is 13.2. The first kappa shape index (κ1) is 12.0. The van der Waals surface area contributed by atoms with Crippen molar-refractivity contribution in [3.8, 4) is 0 Å². The summed E-state index contributed by atoms with van der Waals surface area (Å²) in [4.78, 5) is 0. The van der Waals surface area contributed by atoms with Gasteiger partial charge in [-0.2, -0.15) is 0 Å². The fourth-order valence-corrected chi connectivity index (χ4v) is 2.02. The van der Waals surface area contributed by atoms with Crippen LogP contribution in [0.15, 0.2) is 42.5 Å². The van der Waals surface area contributed by atoms with Crippen molar-refractivity contribution in [2.75, 3.05) is 0 Å². The van der Waals surface area contributed by atoms with E-state index in [1.54, 1.807) is 0 Å². The zero-order chi connectivity index (χ0) is 10.9. The Morgan fingerprint density at radius 3 is 2.47 bits per heavy atom. The van der Waals surface area contributed by atoms with E-state index in [4.69, 9.17) is 0 Å². The van der Waals surface area contributed by atoms with Gasteiger partial charge in [0.2, 0.25) is 0 Å². The van der Waals surface area contributed by atoms with Gasteiger partial charge >= 0.3 is 0 Å². The Bertz CT molecular complexity index is 271. The molecule has 0 fully saturated rings. The third-order valence-corrected chi connectivity index (χ3v) is 2.83. The molecule has 1 unspecified atom stereocenters. The second kappa shape index (κ2) is 7.28. The molecule has 0 amide bonds. The summed E-state index contributed by atoms with van der Waals surface area (Å²) in [6.45, 7) is 4.36. The summed E-state index contributed by atoms with van der Waals surface area (Å²) in [6, 6.07) is 10.9. The molecule has 1 atom stereocenters. The van der Waals surface area contributed by atoms with Crippen LogP contribution in [0.2, 0.25) is 0 Å². The van der Waals surface area contributed by atoms with Gasteiger partial charge in [-0.1, -0.05) is 55.8 Å². The monoisotopic (exact) mass is 202 g/mol. The van der Waals surface area contributed by atoms with E-state index in [2.05, 4.69) is 56.3 Å². The lowest BCUT2D eigenvalue weighted by Crippen LogP contribution is -1.97. The van der Waals surface area contributed by atoms with Gasteiger partial charge in [0.1, 0.15) is 0 Å². The Morgan fingerprint density at radius 1 is 1.13 bits per heavy atom. The van der Waals surface area contributed by atoms with Crippen molar-refractivity contribution in [2.24, 2.45) is 0 Å². The highest BCUT2D eigenvalue weighted by molar-refractivity contribution is 5.19. The summed E-state index contributed by atoms with van der Waals surface area (Å²) in [5, 5.41) is 0. The molecule has 1 aromatic rings. The second-order valence-corrected chi connectivity index (χ2v) is 4.04. The van der Waals surface area contributed by atoms with Crippen molar-refractivity contribution < 1.29 is 0 Å². The van der Waals surface area contributed by atoms with Crippen LogP contribution in [-0.4, -0.2) is 0 Å². The average molecular weight is 202 g/mol. The van der Waals surface area contributed by atoms with Gasteiger partial charge in [0, 0.05) is 0 Å². The molecular formula is C15H22. The molecule has 0 heterocycles. The topological polar surface area (TPSA) is 0 Å². The van der Waals surface area contributed by atoms with Crippen molar-refractivity contribution >= 4 is 0 Å². The third kappa shape index (κ3) is 4.33. The van der Waals surface area contributed by atoms with Gasteiger partial charge in [-0.05, 0) is 37.7 Å². The van der Waals surface area contributed by atoms with Crippen molar-refractivity contribution in [1.29, 1.82) is 0 Å². The van der Waals surface area contributed by atoms with E-state index in [1.807, 2.05) is 0 Å². The second-order valence-electron chi connectivity index (χ2n) is 4.04. The van der Waals surface area contributed by atoms with E-state index in [0.29, 0.717) is 0 Å². The molecule has 0 radical (unpaired) electrons. The zero-order valence-corrected chi connectivity index (χ0v) is 9.95. The molecular weight excluding hydrogens is 180 g/mol. The minimum absolute atomic E-state index is 0.743. The van der Waals surface area contributed by atoms with Crippen LogP contribution in [-0.2, 0) is 0 Å². The van der Waals surface area contributed by atoms with Crippen molar-refractivity contribution in [1.82, 2.24) is 0 Å². The summed E-state index contributed by atoms with van der Waals surface area (Å²) >= 11 is 0. The van der Waals surface area contributed by atoms with Crippen LogP contribution in [0, 0.1) is 0 Å². The van der Waals surface area contributed by atoms with E-state index in [9.17, 15) is 0 Å². The molecule has 0 aliphatic carbocycles. The first-order valence-corrected chi connectivity index (χ1v) is 6.04. The van der Waals surface area contributed by atoms with Gasteiger partial charge in [0.25, 0.3) is 0 Å². The first-order chi connectivity index (χ1) is 7.38. The predicted molar refractivity (Wildman–Crippen MR) is 68.1 cm³/mol. The number of allylic oxidation sites excluding steroid dienone is 2. The fourth-order valence-electron chi connectivity index (χ4n) is 2.02. The minimum atomic E-state index is 0.743. The lowest BCUT2D eigenvalue weighted by molar-refractivity contribution is 0.574. The highest BCUT2D eigenvalue weighted by Crippen LogP contribution is 2.26. The molecule has 82 valence electrons. The molecule has 0 bridgehead atoms. The average Bonchev–Trinajstić information content (AvgIpc) is 2.29. The summed E-state index contributed by atoms with van der Waals surface area (Å²) in [5.41, 5.74) is 1.50. The van der Waals surface area contributed by atoms with E-state index in [0.717, 1.165) is 5.92 Å². The summed E-state index contributed by atoms with van der Waals surface area (Å²) in [5.74, 6) is 0.743. The van der Waals surface area contributed by atoms with Crippen molar-refractivity contribution in [2.45, 2.75) is 45.4 Å². The van der Waals surface area contributed by atoms with Crippen molar-refractivity contribution in [3.05, 3.63) is 48.0 Å². The smallest absolute Gasteiger partial charge is 0.0159 e. The van der Waals surface area contributed by atoms with Gasteiger partial charge in [-0.15, -0.1) is 0 Å². The Labute approximate surface area is 94.0 Å². The number of benzene rings is 1. The molecule has 0 heteroatoms. The highest BCUT2D eigenvalue weighted by atomic mass is 14.1. The number of hydrogen-bond acceptors (Lipinski definition) is 0. The molecule has 0 saturated heterocycles. The largest absolute Gasteiger partial charge is 0.0917 e. The van der Waals surface area contributed by atoms with Crippen LogP contribution in [0.25, 0.3) is 0 Å². The zero-order valence-electron chi connectivity index (χ0n) is 9.95. The maximum atomic E-state index is 2.27. The molecule has 15 heavy (non-hydrogen) atoms. The summed E-state index contributed by atoms with van der Waals surface area (Å²) < 4.78 is 0.